The molecule has 0 radical (unpaired) electrons. The van der Waals surface area contributed by atoms with Gasteiger partial charge in [-0.3, -0.25) is 0 Å². The summed E-state index contributed by atoms with van der Waals surface area (Å²) >= 11 is 0. The van der Waals surface area contributed by atoms with Crippen LogP contribution in [0.1, 0.15) is 39.0 Å². The molecule has 1 aromatic carbocycles. The molecule has 1 aliphatic rings. The lowest BCUT2D eigenvalue weighted by atomic mass is 9.89. The number of hydrogen-bond acceptors (Lipinski definition) is 1. The van der Waals surface area contributed by atoms with Crippen LogP contribution in [0, 0.1) is 5.92 Å². The van der Waals surface area contributed by atoms with Gasteiger partial charge in [0.1, 0.15) is 0 Å². The van der Waals surface area contributed by atoms with Crippen molar-refractivity contribution in [1.82, 2.24) is 0 Å². The minimum atomic E-state index is 0.416. The summed E-state index contributed by atoms with van der Waals surface area (Å²) in [5, 5.41) is 3.49. The average Bonchev–Trinajstić information content (AvgIpc) is 2.39. The van der Waals surface area contributed by atoms with E-state index in [-0.39, 0.29) is 0 Å². The second-order valence-electron chi connectivity index (χ2n) is 5.08. The van der Waals surface area contributed by atoms with Crippen LogP contribution in [0.15, 0.2) is 42.5 Å². The number of nitrogens with one attached hydrogen (secondary N) is 1. The van der Waals surface area contributed by atoms with Crippen molar-refractivity contribution < 1.29 is 0 Å². The Balaban J connectivity index is 1.80. The van der Waals surface area contributed by atoms with Gasteiger partial charge in [-0.25, -0.2) is 0 Å². The molecular weight excluding hydrogens is 206 g/mol. The van der Waals surface area contributed by atoms with E-state index in [9.17, 15) is 0 Å². The number of anilines is 1. The third-order valence-corrected chi connectivity index (χ3v) is 3.49. The SMILES string of the molecule is CC(/C=C/C1CCCCC1)Nc1ccccc1. The van der Waals surface area contributed by atoms with Gasteiger partial charge in [-0.2, -0.15) is 0 Å². The fourth-order valence-electron chi connectivity index (χ4n) is 2.50. The summed E-state index contributed by atoms with van der Waals surface area (Å²) in [6.45, 7) is 2.21. The molecule has 0 saturated heterocycles. The van der Waals surface area contributed by atoms with Gasteiger partial charge in [0.2, 0.25) is 0 Å². The molecule has 92 valence electrons. The Morgan fingerprint density at radius 3 is 2.53 bits per heavy atom. The molecule has 1 aliphatic carbocycles. The molecule has 2 rings (SSSR count). The van der Waals surface area contributed by atoms with Crippen molar-refractivity contribution in [2.75, 3.05) is 5.32 Å². The highest BCUT2D eigenvalue weighted by Gasteiger charge is 2.10. The maximum Gasteiger partial charge on any atom is 0.0416 e. The average molecular weight is 229 g/mol. The van der Waals surface area contributed by atoms with E-state index in [1.165, 1.54) is 37.8 Å². The predicted octanol–water partition coefficient (Wildman–Crippen LogP) is 4.62. The van der Waals surface area contributed by atoms with Crippen LogP contribution in [0.3, 0.4) is 0 Å². The molecule has 0 spiro atoms. The molecule has 0 aromatic heterocycles. The third-order valence-electron chi connectivity index (χ3n) is 3.49. The van der Waals surface area contributed by atoms with Crippen molar-refractivity contribution in [1.29, 1.82) is 0 Å². The number of hydrogen-bond donors (Lipinski definition) is 1. The van der Waals surface area contributed by atoms with Crippen molar-refractivity contribution in [2.24, 2.45) is 5.92 Å². The minimum Gasteiger partial charge on any atom is -0.379 e. The summed E-state index contributed by atoms with van der Waals surface area (Å²) in [6.07, 6.45) is 11.8. The van der Waals surface area contributed by atoms with Gasteiger partial charge in [0.25, 0.3) is 0 Å². The lowest BCUT2D eigenvalue weighted by molar-refractivity contribution is 0.418. The lowest BCUT2D eigenvalue weighted by Crippen LogP contribution is -2.12. The first-order chi connectivity index (χ1) is 8.34. The van der Waals surface area contributed by atoms with Crippen molar-refractivity contribution in [3.05, 3.63) is 42.5 Å². The highest BCUT2D eigenvalue weighted by Crippen LogP contribution is 2.24. The maximum absolute atomic E-state index is 3.49. The van der Waals surface area contributed by atoms with Gasteiger partial charge in [-0.05, 0) is 37.8 Å². The molecule has 1 N–H and O–H groups in total. The number of rotatable bonds is 4. The molecule has 0 amide bonds. The van der Waals surface area contributed by atoms with E-state index in [1.807, 2.05) is 6.07 Å². The largest absolute Gasteiger partial charge is 0.379 e. The van der Waals surface area contributed by atoms with Crippen molar-refractivity contribution >= 4 is 5.69 Å². The molecule has 17 heavy (non-hydrogen) atoms. The van der Waals surface area contributed by atoms with Crippen LogP contribution in [-0.2, 0) is 0 Å². The van der Waals surface area contributed by atoms with Gasteiger partial charge < -0.3 is 5.32 Å². The zero-order valence-electron chi connectivity index (χ0n) is 10.7. The van der Waals surface area contributed by atoms with Gasteiger partial charge in [-0.15, -0.1) is 0 Å². The van der Waals surface area contributed by atoms with Crippen LogP contribution in [0.25, 0.3) is 0 Å². The predicted molar refractivity (Wildman–Crippen MR) is 75.2 cm³/mol. The van der Waals surface area contributed by atoms with Crippen molar-refractivity contribution in [2.45, 2.75) is 45.1 Å². The topological polar surface area (TPSA) is 12.0 Å². The molecule has 1 fully saturated rings. The van der Waals surface area contributed by atoms with Gasteiger partial charge in [0.15, 0.2) is 0 Å². The Bertz CT molecular complexity index is 336. The fourth-order valence-corrected chi connectivity index (χ4v) is 2.50. The van der Waals surface area contributed by atoms with Crippen LogP contribution in [0.5, 0.6) is 0 Å². The summed E-state index contributed by atoms with van der Waals surface area (Å²) in [7, 11) is 0. The summed E-state index contributed by atoms with van der Waals surface area (Å²) in [6, 6.07) is 10.8. The Labute approximate surface area is 105 Å². The molecule has 0 heterocycles. The first-order valence-electron chi connectivity index (χ1n) is 6.84. The quantitative estimate of drug-likeness (QED) is 0.743. The fraction of sp³-hybridized carbons (Fsp3) is 0.500. The molecule has 1 heteroatoms. The van der Waals surface area contributed by atoms with E-state index in [2.05, 4.69) is 48.7 Å². The summed E-state index contributed by atoms with van der Waals surface area (Å²) in [5.74, 6) is 0.823. The van der Waals surface area contributed by atoms with Crippen LogP contribution >= 0.6 is 0 Å². The molecule has 1 unspecified atom stereocenters. The molecule has 0 aliphatic heterocycles. The van der Waals surface area contributed by atoms with Crippen LogP contribution in [0.4, 0.5) is 5.69 Å². The molecule has 1 saturated carbocycles. The molecule has 1 atom stereocenters. The molecular formula is C16H23N. The van der Waals surface area contributed by atoms with Crippen LogP contribution in [-0.4, -0.2) is 6.04 Å². The zero-order chi connectivity index (χ0) is 11.9. The molecule has 1 nitrogen and oxygen atoms in total. The van der Waals surface area contributed by atoms with Gasteiger partial charge in [-0.1, -0.05) is 49.6 Å². The number of allylic oxidation sites excluding steroid dienone is 1. The van der Waals surface area contributed by atoms with E-state index in [4.69, 9.17) is 0 Å². The van der Waals surface area contributed by atoms with Crippen molar-refractivity contribution in [3.63, 3.8) is 0 Å². The first kappa shape index (κ1) is 12.2. The summed E-state index contributed by atoms with van der Waals surface area (Å²) in [4.78, 5) is 0. The highest BCUT2D eigenvalue weighted by molar-refractivity contribution is 5.44. The summed E-state index contributed by atoms with van der Waals surface area (Å²) < 4.78 is 0. The molecule has 0 bridgehead atoms. The Kier molecular flexibility index (Phi) is 4.66. The number of benzene rings is 1. The maximum atomic E-state index is 3.49. The van der Waals surface area contributed by atoms with Crippen molar-refractivity contribution in [3.8, 4) is 0 Å². The standard InChI is InChI=1S/C16H23N/c1-14(17-16-10-6-3-7-11-16)12-13-15-8-4-2-5-9-15/h3,6-7,10-15,17H,2,4-5,8-9H2,1H3/b13-12+. The number of para-hydroxylation sites is 1. The van der Waals surface area contributed by atoms with E-state index in [0.29, 0.717) is 6.04 Å². The third kappa shape index (κ3) is 4.26. The van der Waals surface area contributed by atoms with Crippen LogP contribution in [0.2, 0.25) is 0 Å². The van der Waals surface area contributed by atoms with E-state index >= 15 is 0 Å². The molecule has 1 aromatic rings. The minimum absolute atomic E-state index is 0.416. The second-order valence-corrected chi connectivity index (χ2v) is 5.08. The van der Waals surface area contributed by atoms with Gasteiger partial charge in [0.05, 0.1) is 0 Å². The van der Waals surface area contributed by atoms with E-state index in [0.717, 1.165) is 5.92 Å². The Morgan fingerprint density at radius 2 is 1.82 bits per heavy atom. The van der Waals surface area contributed by atoms with Gasteiger partial charge in [0, 0.05) is 11.7 Å². The summed E-state index contributed by atoms with van der Waals surface area (Å²) in [5.41, 5.74) is 1.20. The monoisotopic (exact) mass is 229 g/mol. The zero-order valence-corrected chi connectivity index (χ0v) is 10.7. The Hall–Kier alpha value is -1.24. The van der Waals surface area contributed by atoms with E-state index < -0.39 is 0 Å². The Morgan fingerprint density at radius 1 is 1.12 bits per heavy atom. The second kappa shape index (κ2) is 6.48. The van der Waals surface area contributed by atoms with Crippen LogP contribution < -0.4 is 5.32 Å². The van der Waals surface area contributed by atoms with Gasteiger partial charge >= 0.3 is 0 Å². The first-order valence-corrected chi connectivity index (χ1v) is 6.84. The lowest BCUT2D eigenvalue weighted by Gasteiger charge is -2.19. The van der Waals surface area contributed by atoms with E-state index in [1.54, 1.807) is 0 Å². The highest BCUT2D eigenvalue weighted by atomic mass is 14.9. The smallest absolute Gasteiger partial charge is 0.0416 e. The normalized spacial score (nSPS) is 19.4.